The summed E-state index contributed by atoms with van der Waals surface area (Å²) in [5.41, 5.74) is 5.54. The fraction of sp³-hybridized carbons (Fsp3) is 0.846. The van der Waals surface area contributed by atoms with Gasteiger partial charge in [0.25, 0.3) is 0 Å². The lowest BCUT2D eigenvalue weighted by molar-refractivity contribution is -0.142. The Kier molecular flexibility index (Phi) is 5.59. The summed E-state index contributed by atoms with van der Waals surface area (Å²) in [6.07, 6.45) is 3.00. The highest BCUT2D eigenvalue weighted by Gasteiger charge is 2.34. The van der Waals surface area contributed by atoms with Crippen molar-refractivity contribution in [1.29, 1.82) is 0 Å². The molecule has 2 N–H and O–H groups in total. The SMILES string of the molecule is CC(CN)CCC(=O)N1CCCC1C(=O)N(C)C. The maximum Gasteiger partial charge on any atom is 0.244 e. The Bertz CT molecular complexity index is 305. The summed E-state index contributed by atoms with van der Waals surface area (Å²) >= 11 is 0. The second kappa shape index (κ2) is 6.73. The van der Waals surface area contributed by atoms with E-state index in [1.807, 2.05) is 6.92 Å². The monoisotopic (exact) mass is 255 g/mol. The summed E-state index contributed by atoms with van der Waals surface area (Å²) in [6, 6.07) is -0.249. The molecule has 0 bridgehead atoms. The van der Waals surface area contributed by atoms with Crippen LogP contribution in [0.25, 0.3) is 0 Å². The molecule has 2 atom stereocenters. The minimum Gasteiger partial charge on any atom is -0.347 e. The van der Waals surface area contributed by atoms with Gasteiger partial charge in [-0.05, 0) is 31.7 Å². The third kappa shape index (κ3) is 3.70. The number of amides is 2. The molecule has 1 rings (SSSR count). The summed E-state index contributed by atoms with van der Waals surface area (Å²) < 4.78 is 0. The minimum absolute atomic E-state index is 0.0349. The van der Waals surface area contributed by atoms with Gasteiger partial charge in [-0.3, -0.25) is 9.59 Å². The summed E-state index contributed by atoms with van der Waals surface area (Å²) in [5, 5.41) is 0. The van der Waals surface area contributed by atoms with E-state index in [1.54, 1.807) is 23.9 Å². The van der Waals surface area contributed by atoms with Crippen LogP contribution in [0, 0.1) is 5.92 Å². The Morgan fingerprint density at radius 1 is 1.44 bits per heavy atom. The van der Waals surface area contributed by atoms with Gasteiger partial charge >= 0.3 is 0 Å². The van der Waals surface area contributed by atoms with Crippen molar-refractivity contribution in [3.63, 3.8) is 0 Å². The molecule has 0 aromatic carbocycles. The van der Waals surface area contributed by atoms with Gasteiger partial charge in [-0.2, -0.15) is 0 Å². The molecule has 2 unspecified atom stereocenters. The molecular weight excluding hydrogens is 230 g/mol. The smallest absolute Gasteiger partial charge is 0.244 e. The quantitative estimate of drug-likeness (QED) is 0.775. The zero-order valence-electron chi connectivity index (χ0n) is 11.7. The van der Waals surface area contributed by atoms with Crippen molar-refractivity contribution in [2.24, 2.45) is 11.7 Å². The van der Waals surface area contributed by atoms with E-state index >= 15 is 0 Å². The molecule has 0 aromatic rings. The molecule has 1 saturated heterocycles. The van der Waals surface area contributed by atoms with E-state index in [1.165, 1.54) is 0 Å². The van der Waals surface area contributed by atoms with Crippen LogP contribution in [-0.4, -0.2) is 54.8 Å². The Labute approximate surface area is 109 Å². The van der Waals surface area contributed by atoms with E-state index in [2.05, 4.69) is 0 Å². The predicted octanol–water partition coefficient (Wildman–Crippen LogP) is 0.441. The molecule has 5 nitrogen and oxygen atoms in total. The van der Waals surface area contributed by atoms with E-state index in [-0.39, 0.29) is 17.9 Å². The third-order valence-corrected chi connectivity index (χ3v) is 3.55. The molecule has 1 fully saturated rings. The molecule has 0 radical (unpaired) electrons. The van der Waals surface area contributed by atoms with Gasteiger partial charge in [0.1, 0.15) is 6.04 Å². The lowest BCUT2D eigenvalue weighted by atomic mass is 10.1. The maximum absolute atomic E-state index is 12.1. The number of hydrogen-bond donors (Lipinski definition) is 1. The predicted molar refractivity (Wildman–Crippen MR) is 70.9 cm³/mol. The van der Waals surface area contributed by atoms with Crippen LogP contribution in [-0.2, 0) is 9.59 Å². The van der Waals surface area contributed by atoms with Gasteiger partial charge in [0.2, 0.25) is 11.8 Å². The zero-order valence-corrected chi connectivity index (χ0v) is 11.7. The van der Waals surface area contributed by atoms with E-state index in [4.69, 9.17) is 5.73 Å². The van der Waals surface area contributed by atoms with Crippen LogP contribution in [0.3, 0.4) is 0 Å². The molecule has 18 heavy (non-hydrogen) atoms. The first-order valence-corrected chi connectivity index (χ1v) is 6.68. The summed E-state index contributed by atoms with van der Waals surface area (Å²) in [5.74, 6) is 0.486. The molecule has 1 aliphatic rings. The summed E-state index contributed by atoms with van der Waals surface area (Å²) in [7, 11) is 3.47. The lowest BCUT2D eigenvalue weighted by Gasteiger charge is -2.26. The van der Waals surface area contributed by atoms with Crippen molar-refractivity contribution >= 4 is 11.8 Å². The van der Waals surface area contributed by atoms with Crippen molar-refractivity contribution in [2.45, 2.75) is 38.6 Å². The number of carbonyl (C=O) groups excluding carboxylic acids is 2. The minimum atomic E-state index is -0.249. The largest absolute Gasteiger partial charge is 0.347 e. The molecule has 1 aliphatic heterocycles. The highest BCUT2D eigenvalue weighted by molar-refractivity contribution is 5.88. The topological polar surface area (TPSA) is 66.6 Å². The number of carbonyl (C=O) groups is 2. The molecule has 0 saturated carbocycles. The van der Waals surface area contributed by atoms with Gasteiger partial charge in [-0.15, -0.1) is 0 Å². The number of hydrogen-bond acceptors (Lipinski definition) is 3. The first-order valence-electron chi connectivity index (χ1n) is 6.68. The number of likely N-dealkylation sites (tertiary alicyclic amines) is 1. The van der Waals surface area contributed by atoms with Crippen LogP contribution >= 0.6 is 0 Å². The zero-order chi connectivity index (χ0) is 13.7. The van der Waals surface area contributed by atoms with Gasteiger partial charge in [-0.1, -0.05) is 6.92 Å². The average Bonchev–Trinajstić information content (AvgIpc) is 2.83. The first kappa shape index (κ1) is 15.0. The molecule has 1 heterocycles. The van der Waals surface area contributed by atoms with E-state index in [0.717, 1.165) is 19.3 Å². The first-order chi connectivity index (χ1) is 8.47. The molecule has 0 aromatic heterocycles. The fourth-order valence-corrected chi connectivity index (χ4v) is 2.25. The third-order valence-electron chi connectivity index (χ3n) is 3.55. The Balaban J connectivity index is 2.53. The second-order valence-corrected chi connectivity index (χ2v) is 5.36. The summed E-state index contributed by atoms with van der Waals surface area (Å²) in [6.45, 7) is 3.35. The van der Waals surface area contributed by atoms with Crippen LogP contribution in [0.4, 0.5) is 0 Å². The average molecular weight is 255 g/mol. The fourth-order valence-electron chi connectivity index (χ4n) is 2.25. The second-order valence-electron chi connectivity index (χ2n) is 5.36. The van der Waals surface area contributed by atoms with Gasteiger partial charge in [0, 0.05) is 27.1 Å². The molecule has 2 amide bonds. The number of rotatable bonds is 5. The molecule has 0 spiro atoms. The van der Waals surface area contributed by atoms with Crippen LogP contribution < -0.4 is 5.73 Å². The van der Waals surface area contributed by atoms with Crippen molar-refractivity contribution in [2.75, 3.05) is 27.2 Å². The van der Waals surface area contributed by atoms with Crippen molar-refractivity contribution in [3.05, 3.63) is 0 Å². The van der Waals surface area contributed by atoms with Gasteiger partial charge in [0.15, 0.2) is 0 Å². The van der Waals surface area contributed by atoms with E-state index in [9.17, 15) is 9.59 Å². The molecule has 0 aliphatic carbocycles. The van der Waals surface area contributed by atoms with Crippen LogP contribution in [0.15, 0.2) is 0 Å². The molecule has 104 valence electrons. The van der Waals surface area contributed by atoms with Crippen LogP contribution in [0.1, 0.15) is 32.6 Å². The van der Waals surface area contributed by atoms with Crippen molar-refractivity contribution < 1.29 is 9.59 Å². The van der Waals surface area contributed by atoms with Gasteiger partial charge in [-0.25, -0.2) is 0 Å². The Morgan fingerprint density at radius 2 is 2.11 bits per heavy atom. The number of nitrogens with two attached hydrogens (primary N) is 1. The van der Waals surface area contributed by atoms with E-state index < -0.39 is 0 Å². The van der Waals surface area contributed by atoms with E-state index in [0.29, 0.717) is 25.4 Å². The van der Waals surface area contributed by atoms with Crippen molar-refractivity contribution in [3.8, 4) is 0 Å². The maximum atomic E-state index is 12.1. The van der Waals surface area contributed by atoms with Crippen LogP contribution in [0.5, 0.6) is 0 Å². The molecule has 5 heteroatoms. The Hall–Kier alpha value is -1.10. The number of nitrogens with zero attached hydrogens (tertiary/aromatic N) is 2. The highest BCUT2D eigenvalue weighted by Crippen LogP contribution is 2.20. The normalized spacial score (nSPS) is 20.9. The van der Waals surface area contributed by atoms with Crippen LogP contribution in [0.2, 0.25) is 0 Å². The van der Waals surface area contributed by atoms with Gasteiger partial charge < -0.3 is 15.5 Å². The van der Waals surface area contributed by atoms with Gasteiger partial charge in [0.05, 0.1) is 0 Å². The molecular formula is C13H25N3O2. The standard InChI is InChI=1S/C13H25N3O2/c1-10(9-14)6-7-12(17)16-8-4-5-11(16)13(18)15(2)3/h10-11H,4-9,14H2,1-3H3. The Morgan fingerprint density at radius 3 is 2.67 bits per heavy atom. The lowest BCUT2D eigenvalue weighted by Crippen LogP contribution is -2.45. The number of likely N-dealkylation sites (N-methyl/N-ethyl adjacent to an activating group) is 1. The highest BCUT2D eigenvalue weighted by atomic mass is 16.2. The van der Waals surface area contributed by atoms with Crippen molar-refractivity contribution in [1.82, 2.24) is 9.80 Å². The summed E-state index contributed by atoms with van der Waals surface area (Å²) in [4.78, 5) is 27.4.